The molecular weight excluding hydrogens is 308 g/mol. The Morgan fingerprint density at radius 2 is 1.62 bits per heavy atom. The highest BCUT2D eigenvalue weighted by Crippen LogP contribution is 2.56. The molecule has 2 aliphatic rings. The zero-order valence-corrected chi connectivity index (χ0v) is 13.4. The minimum Gasteiger partial charge on any atom is -0.485 e. The molecule has 0 amide bonds. The molecule has 0 atom stereocenters. The van der Waals surface area contributed by atoms with Gasteiger partial charge in [-0.3, -0.25) is 0 Å². The maximum absolute atomic E-state index is 5.89. The van der Waals surface area contributed by atoms with Crippen LogP contribution in [-0.4, -0.2) is 26.4 Å². The van der Waals surface area contributed by atoms with Crippen LogP contribution in [0.2, 0.25) is 0 Å². The molecule has 0 aromatic carbocycles. The van der Waals surface area contributed by atoms with E-state index >= 15 is 0 Å². The molecule has 4 heterocycles. The van der Waals surface area contributed by atoms with E-state index in [-0.39, 0.29) is 0 Å². The number of fused-ring (bicyclic) bond motifs is 2. The van der Waals surface area contributed by atoms with Crippen molar-refractivity contribution in [1.82, 2.24) is 0 Å². The van der Waals surface area contributed by atoms with E-state index in [1.165, 1.54) is 4.88 Å². The minimum atomic E-state index is 0.601. The van der Waals surface area contributed by atoms with E-state index in [4.69, 9.17) is 18.9 Å². The van der Waals surface area contributed by atoms with Crippen LogP contribution in [0.4, 0.5) is 0 Å². The third kappa shape index (κ3) is 2.17. The minimum absolute atomic E-state index is 0.601. The van der Waals surface area contributed by atoms with Crippen LogP contribution in [0.5, 0.6) is 23.0 Å². The van der Waals surface area contributed by atoms with Crippen molar-refractivity contribution in [2.45, 2.75) is 19.8 Å². The molecule has 0 aliphatic carbocycles. The van der Waals surface area contributed by atoms with Gasteiger partial charge in [-0.25, -0.2) is 0 Å². The number of rotatable bonds is 3. The summed E-state index contributed by atoms with van der Waals surface area (Å²) in [4.78, 5) is 3.48. The van der Waals surface area contributed by atoms with Crippen molar-refractivity contribution in [2.75, 3.05) is 26.4 Å². The largest absolute Gasteiger partial charge is 0.485 e. The van der Waals surface area contributed by atoms with E-state index in [9.17, 15) is 0 Å². The average Bonchev–Trinajstić information content (AvgIpc) is 3.10. The molecule has 0 spiro atoms. The van der Waals surface area contributed by atoms with Gasteiger partial charge in [0.2, 0.25) is 0 Å². The van der Waals surface area contributed by atoms with Crippen molar-refractivity contribution in [2.24, 2.45) is 0 Å². The van der Waals surface area contributed by atoms with Gasteiger partial charge in [0.15, 0.2) is 23.0 Å². The lowest BCUT2D eigenvalue weighted by Gasteiger charge is -2.18. The van der Waals surface area contributed by atoms with Crippen LogP contribution in [0.1, 0.15) is 18.2 Å². The van der Waals surface area contributed by atoms with Gasteiger partial charge in [-0.1, -0.05) is 13.3 Å². The predicted molar refractivity (Wildman–Crippen MR) is 83.6 cm³/mol. The summed E-state index contributed by atoms with van der Waals surface area (Å²) in [6.45, 7) is 4.63. The first kappa shape index (κ1) is 13.3. The van der Waals surface area contributed by atoms with Crippen molar-refractivity contribution in [3.05, 3.63) is 10.3 Å². The Kier molecular flexibility index (Phi) is 3.43. The summed E-state index contributed by atoms with van der Waals surface area (Å²) in [6, 6.07) is 0. The zero-order valence-electron chi connectivity index (χ0n) is 11.8. The van der Waals surface area contributed by atoms with Gasteiger partial charge in [-0.2, -0.15) is 0 Å². The third-order valence-electron chi connectivity index (χ3n) is 3.45. The van der Waals surface area contributed by atoms with Crippen LogP contribution in [0.3, 0.4) is 0 Å². The number of aryl methyl sites for hydroxylation is 1. The van der Waals surface area contributed by atoms with Crippen LogP contribution in [0, 0.1) is 0 Å². The normalized spacial score (nSPS) is 16.0. The quantitative estimate of drug-likeness (QED) is 0.856. The molecule has 0 unspecified atom stereocenters. The second-order valence-electron chi connectivity index (χ2n) is 4.91. The van der Waals surface area contributed by atoms with E-state index in [1.54, 1.807) is 22.7 Å². The molecule has 0 saturated carbocycles. The second kappa shape index (κ2) is 5.42. The summed E-state index contributed by atoms with van der Waals surface area (Å²) in [5.74, 6) is 3.51. The van der Waals surface area contributed by atoms with Gasteiger partial charge in [0, 0.05) is 5.38 Å². The predicted octanol–water partition coefficient (Wildman–Crippen LogP) is 3.97. The van der Waals surface area contributed by atoms with Crippen LogP contribution in [0.25, 0.3) is 9.75 Å². The SMILES string of the molecule is CCCc1sc(-c2scc3c2OCCO3)c2c1OCCO2. The third-order valence-corrected chi connectivity index (χ3v) is 5.77. The fourth-order valence-electron chi connectivity index (χ4n) is 2.57. The summed E-state index contributed by atoms with van der Waals surface area (Å²) in [5.41, 5.74) is 0. The van der Waals surface area contributed by atoms with Crippen molar-refractivity contribution >= 4 is 22.7 Å². The van der Waals surface area contributed by atoms with Crippen LogP contribution in [-0.2, 0) is 6.42 Å². The van der Waals surface area contributed by atoms with Gasteiger partial charge in [-0.05, 0) is 6.42 Å². The van der Waals surface area contributed by atoms with Gasteiger partial charge in [0.1, 0.15) is 26.4 Å². The molecule has 2 aromatic heterocycles. The molecule has 4 rings (SSSR count). The molecule has 0 N–H and O–H groups in total. The van der Waals surface area contributed by atoms with Gasteiger partial charge in [0.25, 0.3) is 0 Å². The fourth-order valence-corrected chi connectivity index (χ4v) is 4.93. The molecule has 4 nitrogen and oxygen atoms in total. The Hall–Kier alpha value is -1.40. The highest BCUT2D eigenvalue weighted by atomic mass is 32.1. The number of hydrogen-bond acceptors (Lipinski definition) is 6. The Balaban J connectivity index is 1.83. The number of hydrogen-bond donors (Lipinski definition) is 0. The number of ether oxygens (including phenoxy) is 4. The van der Waals surface area contributed by atoms with E-state index in [2.05, 4.69) is 6.92 Å². The van der Waals surface area contributed by atoms with Crippen molar-refractivity contribution in [3.8, 4) is 32.8 Å². The lowest BCUT2D eigenvalue weighted by atomic mass is 10.2. The Morgan fingerprint density at radius 3 is 2.43 bits per heavy atom. The average molecular weight is 324 g/mol. The Morgan fingerprint density at radius 1 is 0.905 bits per heavy atom. The molecule has 0 radical (unpaired) electrons. The molecule has 0 bridgehead atoms. The highest BCUT2D eigenvalue weighted by molar-refractivity contribution is 7.22. The van der Waals surface area contributed by atoms with Crippen molar-refractivity contribution in [3.63, 3.8) is 0 Å². The second-order valence-corrected chi connectivity index (χ2v) is 6.90. The first-order valence-electron chi connectivity index (χ1n) is 7.17. The maximum atomic E-state index is 5.89. The summed E-state index contributed by atoms with van der Waals surface area (Å²) in [6.07, 6.45) is 2.11. The molecular formula is C15H16O4S2. The summed E-state index contributed by atoms with van der Waals surface area (Å²) in [7, 11) is 0. The molecule has 0 saturated heterocycles. The van der Waals surface area contributed by atoms with Crippen LogP contribution in [0.15, 0.2) is 5.38 Å². The molecule has 2 aromatic rings. The fraction of sp³-hybridized carbons (Fsp3) is 0.467. The van der Waals surface area contributed by atoms with Gasteiger partial charge in [-0.15, -0.1) is 22.7 Å². The maximum Gasteiger partial charge on any atom is 0.181 e. The molecule has 0 fully saturated rings. The summed E-state index contributed by atoms with van der Waals surface area (Å²) >= 11 is 3.40. The Labute approximate surface area is 131 Å². The standard InChI is InChI=1S/C15H16O4S2/c1-2-3-10-12-13(19-7-6-18-12)15(21-10)14-11-9(8-20-14)16-4-5-17-11/h8H,2-7H2,1H3. The van der Waals surface area contributed by atoms with Crippen LogP contribution >= 0.6 is 22.7 Å². The number of thiophene rings is 2. The first-order valence-corrected chi connectivity index (χ1v) is 8.86. The van der Waals surface area contributed by atoms with E-state index in [0.717, 1.165) is 45.6 Å². The highest BCUT2D eigenvalue weighted by Gasteiger charge is 2.29. The van der Waals surface area contributed by atoms with Gasteiger partial charge >= 0.3 is 0 Å². The van der Waals surface area contributed by atoms with Crippen molar-refractivity contribution in [1.29, 1.82) is 0 Å². The van der Waals surface area contributed by atoms with Gasteiger partial charge < -0.3 is 18.9 Å². The van der Waals surface area contributed by atoms with E-state index in [0.29, 0.717) is 26.4 Å². The zero-order chi connectivity index (χ0) is 14.2. The van der Waals surface area contributed by atoms with Crippen LogP contribution < -0.4 is 18.9 Å². The molecule has 2 aliphatic heterocycles. The summed E-state index contributed by atoms with van der Waals surface area (Å²) < 4.78 is 23.2. The molecule has 112 valence electrons. The Bertz CT molecular complexity index is 659. The lowest BCUT2D eigenvalue weighted by molar-refractivity contribution is 0.171. The molecule has 21 heavy (non-hydrogen) atoms. The lowest BCUT2D eigenvalue weighted by Crippen LogP contribution is -2.15. The first-order chi connectivity index (χ1) is 10.4. The summed E-state index contributed by atoms with van der Waals surface area (Å²) in [5, 5.41) is 2.01. The van der Waals surface area contributed by atoms with Crippen molar-refractivity contribution < 1.29 is 18.9 Å². The van der Waals surface area contributed by atoms with E-state index < -0.39 is 0 Å². The topological polar surface area (TPSA) is 36.9 Å². The molecule has 6 heteroatoms. The monoisotopic (exact) mass is 324 g/mol. The van der Waals surface area contributed by atoms with Gasteiger partial charge in [0.05, 0.1) is 14.6 Å². The van der Waals surface area contributed by atoms with E-state index in [1.807, 2.05) is 5.38 Å². The smallest absolute Gasteiger partial charge is 0.181 e.